The molecule has 8 heteroatoms. The molecule has 0 fully saturated rings. The van der Waals surface area contributed by atoms with E-state index in [9.17, 15) is 9.59 Å². The van der Waals surface area contributed by atoms with E-state index in [2.05, 4.69) is 15.6 Å². The van der Waals surface area contributed by atoms with Gasteiger partial charge in [-0.2, -0.15) is 4.68 Å². The zero-order valence-corrected chi connectivity index (χ0v) is 11.7. The second-order valence-corrected chi connectivity index (χ2v) is 4.19. The van der Waals surface area contributed by atoms with Crippen molar-refractivity contribution in [2.24, 2.45) is 0 Å². The predicted molar refractivity (Wildman–Crippen MR) is 76.0 cm³/mol. The normalized spacial score (nSPS) is 10.2. The number of nitrogens with two attached hydrogens (primary N) is 1. The van der Waals surface area contributed by atoms with E-state index in [-0.39, 0.29) is 24.0 Å². The fourth-order valence-corrected chi connectivity index (χ4v) is 1.74. The van der Waals surface area contributed by atoms with Crippen LogP contribution in [0.4, 0.5) is 11.5 Å². The third-order valence-electron chi connectivity index (χ3n) is 2.58. The van der Waals surface area contributed by atoms with Crippen LogP contribution in [0.15, 0.2) is 24.3 Å². The molecule has 0 saturated heterocycles. The van der Waals surface area contributed by atoms with Gasteiger partial charge in [-0.15, -0.1) is 5.10 Å². The monoisotopic (exact) mass is 289 g/mol. The molecular weight excluding hydrogens is 274 g/mol. The summed E-state index contributed by atoms with van der Waals surface area (Å²) in [6.07, 6.45) is 0. The van der Waals surface area contributed by atoms with E-state index in [0.29, 0.717) is 11.4 Å². The standard InChI is InChI=1S/C13H15N5O3/c1-3-21-13(20)11-12(14)18(17-16-11)10-6-4-5-9(7-10)15-8(2)19/h4-7H,3,14H2,1-2H3,(H,15,19). The molecular formula is C13H15N5O3. The highest BCUT2D eigenvalue weighted by Gasteiger charge is 2.19. The number of carbonyl (C=O) groups is 2. The maximum atomic E-state index is 11.6. The summed E-state index contributed by atoms with van der Waals surface area (Å²) in [4.78, 5) is 22.7. The van der Waals surface area contributed by atoms with Crippen molar-refractivity contribution in [1.82, 2.24) is 15.0 Å². The van der Waals surface area contributed by atoms with Crippen LogP contribution < -0.4 is 11.1 Å². The number of hydrogen-bond acceptors (Lipinski definition) is 6. The first-order chi connectivity index (χ1) is 10.0. The first kappa shape index (κ1) is 14.5. The smallest absolute Gasteiger partial charge is 0.362 e. The fraction of sp³-hybridized carbons (Fsp3) is 0.231. The van der Waals surface area contributed by atoms with E-state index < -0.39 is 5.97 Å². The molecule has 1 heterocycles. The van der Waals surface area contributed by atoms with Crippen LogP contribution in [0.2, 0.25) is 0 Å². The molecule has 0 aliphatic heterocycles. The van der Waals surface area contributed by atoms with Crippen LogP contribution in [0.5, 0.6) is 0 Å². The number of ether oxygens (including phenoxy) is 1. The topological polar surface area (TPSA) is 112 Å². The van der Waals surface area contributed by atoms with Crippen LogP contribution in [0.3, 0.4) is 0 Å². The van der Waals surface area contributed by atoms with Crippen LogP contribution in [0.1, 0.15) is 24.3 Å². The average molecular weight is 289 g/mol. The Labute approximate surface area is 120 Å². The van der Waals surface area contributed by atoms with E-state index in [0.717, 1.165) is 0 Å². The van der Waals surface area contributed by atoms with Crippen molar-refractivity contribution in [2.45, 2.75) is 13.8 Å². The lowest BCUT2D eigenvalue weighted by Gasteiger charge is -2.06. The van der Waals surface area contributed by atoms with E-state index in [1.165, 1.54) is 11.6 Å². The van der Waals surface area contributed by atoms with E-state index in [1.807, 2.05) is 0 Å². The number of nitrogen functional groups attached to an aromatic ring is 1. The van der Waals surface area contributed by atoms with Crippen molar-refractivity contribution in [1.29, 1.82) is 0 Å². The van der Waals surface area contributed by atoms with Gasteiger partial charge in [-0.05, 0) is 25.1 Å². The Bertz CT molecular complexity index is 680. The number of nitrogens with one attached hydrogen (secondary N) is 1. The highest BCUT2D eigenvalue weighted by atomic mass is 16.5. The summed E-state index contributed by atoms with van der Waals surface area (Å²) < 4.78 is 6.15. The Morgan fingerprint density at radius 3 is 2.86 bits per heavy atom. The molecule has 1 aromatic heterocycles. The van der Waals surface area contributed by atoms with Crippen LogP contribution in [-0.2, 0) is 9.53 Å². The third kappa shape index (κ3) is 3.16. The summed E-state index contributed by atoms with van der Waals surface area (Å²) in [5.74, 6) is -0.737. The van der Waals surface area contributed by atoms with E-state index in [4.69, 9.17) is 10.5 Å². The van der Waals surface area contributed by atoms with Crippen LogP contribution in [0.25, 0.3) is 5.69 Å². The quantitative estimate of drug-likeness (QED) is 0.811. The third-order valence-corrected chi connectivity index (χ3v) is 2.58. The highest BCUT2D eigenvalue weighted by Crippen LogP contribution is 2.19. The summed E-state index contributed by atoms with van der Waals surface area (Å²) in [5.41, 5.74) is 6.99. The summed E-state index contributed by atoms with van der Waals surface area (Å²) in [7, 11) is 0. The largest absolute Gasteiger partial charge is 0.461 e. The number of benzene rings is 1. The number of carbonyl (C=O) groups excluding carboxylic acids is 2. The van der Waals surface area contributed by atoms with Gasteiger partial charge in [0.25, 0.3) is 0 Å². The number of nitrogens with zero attached hydrogens (tertiary/aromatic N) is 3. The van der Waals surface area contributed by atoms with Crippen molar-refractivity contribution in [3.8, 4) is 5.69 Å². The summed E-state index contributed by atoms with van der Waals surface area (Å²) in [6.45, 7) is 3.33. The zero-order valence-electron chi connectivity index (χ0n) is 11.7. The molecule has 21 heavy (non-hydrogen) atoms. The molecule has 0 unspecified atom stereocenters. The summed E-state index contributed by atoms with van der Waals surface area (Å²) in [5, 5.41) is 10.2. The Morgan fingerprint density at radius 2 is 2.19 bits per heavy atom. The van der Waals surface area contributed by atoms with E-state index in [1.54, 1.807) is 31.2 Å². The Kier molecular flexibility index (Phi) is 4.17. The lowest BCUT2D eigenvalue weighted by Crippen LogP contribution is -2.10. The lowest BCUT2D eigenvalue weighted by molar-refractivity contribution is -0.114. The van der Waals surface area contributed by atoms with Gasteiger partial charge in [0.15, 0.2) is 5.82 Å². The number of esters is 1. The molecule has 3 N–H and O–H groups in total. The first-order valence-electron chi connectivity index (χ1n) is 6.29. The first-order valence-corrected chi connectivity index (χ1v) is 6.29. The highest BCUT2D eigenvalue weighted by molar-refractivity contribution is 5.92. The molecule has 0 bridgehead atoms. The SMILES string of the molecule is CCOC(=O)c1nnn(-c2cccc(NC(C)=O)c2)c1N. The van der Waals surface area contributed by atoms with Crippen LogP contribution >= 0.6 is 0 Å². The number of amides is 1. The van der Waals surface area contributed by atoms with Gasteiger partial charge in [-0.3, -0.25) is 4.79 Å². The number of anilines is 2. The molecule has 2 aromatic rings. The molecule has 1 amide bonds. The van der Waals surface area contributed by atoms with Gasteiger partial charge in [0.1, 0.15) is 0 Å². The van der Waals surface area contributed by atoms with Crippen molar-refractivity contribution < 1.29 is 14.3 Å². The van der Waals surface area contributed by atoms with Gasteiger partial charge >= 0.3 is 5.97 Å². The van der Waals surface area contributed by atoms with Gasteiger partial charge in [-0.1, -0.05) is 11.3 Å². The number of aromatic nitrogens is 3. The Morgan fingerprint density at radius 1 is 1.43 bits per heavy atom. The van der Waals surface area contributed by atoms with Crippen LogP contribution in [0, 0.1) is 0 Å². The molecule has 0 aliphatic rings. The Balaban J connectivity index is 2.34. The number of hydrogen-bond donors (Lipinski definition) is 2. The molecule has 0 radical (unpaired) electrons. The van der Waals surface area contributed by atoms with Gasteiger partial charge in [0, 0.05) is 12.6 Å². The van der Waals surface area contributed by atoms with Crippen molar-refractivity contribution in [3.05, 3.63) is 30.0 Å². The van der Waals surface area contributed by atoms with Gasteiger partial charge < -0.3 is 15.8 Å². The second-order valence-electron chi connectivity index (χ2n) is 4.19. The molecule has 110 valence electrons. The average Bonchev–Trinajstić information content (AvgIpc) is 2.80. The maximum Gasteiger partial charge on any atom is 0.362 e. The van der Waals surface area contributed by atoms with E-state index >= 15 is 0 Å². The van der Waals surface area contributed by atoms with Gasteiger partial charge in [0.2, 0.25) is 11.6 Å². The maximum absolute atomic E-state index is 11.6. The predicted octanol–water partition coefficient (Wildman–Crippen LogP) is 0.985. The molecule has 0 aliphatic carbocycles. The lowest BCUT2D eigenvalue weighted by atomic mass is 10.2. The minimum absolute atomic E-state index is 0.0400. The minimum Gasteiger partial charge on any atom is -0.461 e. The molecule has 8 nitrogen and oxygen atoms in total. The molecule has 0 spiro atoms. The fourth-order valence-electron chi connectivity index (χ4n) is 1.74. The van der Waals surface area contributed by atoms with Crippen LogP contribution in [-0.4, -0.2) is 33.5 Å². The molecule has 0 atom stereocenters. The Hall–Kier alpha value is -2.90. The zero-order chi connectivity index (χ0) is 15.4. The molecule has 0 saturated carbocycles. The number of rotatable bonds is 4. The molecule has 1 aromatic carbocycles. The summed E-state index contributed by atoms with van der Waals surface area (Å²) in [6, 6.07) is 6.85. The second kappa shape index (κ2) is 6.04. The minimum atomic E-state index is -0.626. The van der Waals surface area contributed by atoms with Gasteiger partial charge in [0.05, 0.1) is 12.3 Å². The van der Waals surface area contributed by atoms with Crippen molar-refractivity contribution >= 4 is 23.4 Å². The summed E-state index contributed by atoms with van der Waals surface area (Å²) >= 11 is 0. The van der Waals surface area contributed by atoms with Crippen molar-refractivity contribution in [3.63, 3.8) is 0 Å². The molecule has 2 rings (SSSR count). The van der Waals surface area contributed by atoms with Crippen molar-refractivity contribution in [2.75, 3.05) is 17.7 Å². The van der Waals surface area contributed by atoms with Gasteiger partial charge in [-0.25, -0.2) is 4.79 Å².